The van der Waals surface area contributed by atoms with E-state index in [9.17, 15) is 4.79 Å². The van der Waals surface area contributed by atoms with E-state index in [0.29, 0.717) is 19.6 Å². The minimum absolute atomic E-state index is 0.123. The molecule has 1 aromatic heterocycles. The molecule has 0 fully saturated rings. The van der Waals surface area contributed by atoms with Crippen LogP contribution in [0.4, 0.5) is 0 Å². The second kappa shape index (κ2) is 8.91. The second-order valence-corrected chi connectivity index (χ2v) is 3.96. The number of fused-ring (bicyclic) bond motifs is 1. The van der Waals surface area contributed by atoms with Gasteiger partial charge >= 0.3 is 5.97 Å². The monoisotopic (exact) mass is 275 g/mol. The predicted octanol–water partition coefficient (Wildman–Crippen LogP) is 3.59. The summed E-state index contributed by atoms with van der Waals surface area (Å²) in [6.45, 7) is 6.72. The zero-order valence-electron chi connectivity index (χ0n) is 12.3. The molecule has 1 heterocycles. The highest BCUT2D eigenvalue weighted by Gasteiger charge is 1.96. The van der Waals surface area contributed by atoms with E-state index in [2.05, 4.69) is 9.72 Å². The zero-order chi connectivity index (χ0) is 14.8. The molecule has 1 aromatic carbocycles. The van der Waals surface area contributed by atoms with E-state index in [4.69, 9.17) is 4.74 Å². The van der Waals surface area contributed by atoms with E-state index in [1.165, 1.54) is 0 Å². The SMILES string of the molecule is CCOC(=O)CC.CCOc1cnc2ccccc2c1. The summed E-state index contributed by atoms with van der Waals surface area (Å²) in [4.78, 5) is 14.5. The van der Waals surface area contributed by atoms with E-state index in [0.717, 1.165) is 16.7 Å². The number of rotatable bonds is 4. The molecule has 2 aromatic rings. The smallest absolute Gasteiger partial charge is 0.305 e. The lowest BCUT2D eigenvalue weighted by molar-refractivity contribution is -0.142. The predicted molar refractivity (Wildman–Crippen MR) is 79.8 cm³/mol. The normalized spacial score (nSPS) is 9.55. The molecule has 0 aliphatic heterocycles. The fourth-order valence-electron chi connectivity index (χ4n) is 1.56. The Morgan fingerprint density at radius 2 is 1.90 bits per heavy atom. The van der Waals surface area contributed by atoms with Crippen molar-refractivity contribution in [2.75, 3.05) is 13.2 Å². The topological polar surface area (TPSA) is 48.4 Å². The maximum absolute atomic E-state index is 10.2. The summed E-state index contributed by atoms with van der Waals surface area (Å²) in [5, 5.41) is 1.12. The Morgan fingerprint density at radius 1 is 1.15 bits per heavy atom. The lowest BCUT2D eigenvalue weighted by Gasteiger charge is -2.02. The van der Waals surface area contributed by atoms with Gasteiger partial charge in [-0.25, -0.2) is 0 Å². The minimum Gasteiger partial charge on any atom is -0.492 e. The van der Waals surface area contributed by atoms with Gasteiger partial charge in [0, 0.05) is 11.8 Å². The standard InChI is InChI=1S/C11H11NO.C5H10O2/c1-2-13-10-7-9-5-3-4-6-11(9)12-8-10;1-3-5(6)7-4-2/h3-8H,2H2,1H3;3-4H2,1-2H3. The molecule has 0 aliphatic carbocycles. The van der Waals surface area contributed by atoms with Crippen molar-refractivity contribution < 1.29 is 14.3 Å². The first-order valence-corrected chi connectivity index (χ1v) is 6.84. The Morgan fingerprint density at radius 3 is 2.50 bits per heavy atom. The Labute approximate surface area is 119 Å². The van der Waals surface area contributed by atoms with Crippen molar-refractivity contribution in [3.05, 3.63) is 36.5 Å². The van der Waals surface area contributed by atoms with Crippen molar-refractivity contribution >= 4 is 16.9 Å². The molecular weight excluding hydrogens is 254 g/mol. The first-order valence-electron chi connectivity index (χ1n) is 6.84. The average molecular weight is 275 g/mol. The first kappa shape index (κ1) is 16.0. The number of hydrogen-bond acceptors (Lipinski definition) is 4. The second-order valence-electron chi connectivity index (χ2n) is 3.96. The maximum Gasteiger partial charge on any atom is 0.305 e. The Hall–Kier alpha value is -2.10. The van der Waals surface area contributed by atoms with E-state index in [1.54, 1.807) is 20.0 Å². The summed E-state index contributed by atoms with van der Waals surface area (Å²) in [6, 6.07) is 10.0. The molecule has 0 unspecified atom stereocenters. The van der Waals surface area contributed by atoms with Crippen molar-refractivity contribution in [3.8, 4) is 5.75 Å². The Kier molecular flexibility index (Phi) is 7.11. The van der Waals surface area contributed by atoms with Gasteiger partial charge in [-0.1, -0.05) is 25.1 Å². The third-order valence-electron chi connectivity index (χ3n) is 2.47. The van der Waals surface area contributed by atoms with Gasteiger partial charge < -0.3 is 9.47 Å². The van der Waals surface area contributed by atoms with Crippen LogP contribution in [0.3, 0.4) is 0 Å². The van der Waals surface area contributed by atoms with Crippen LogP contribution in [0.2, 0.25) is 0 Å². The lowest BCUT2D eigenvalue weighted by Crippen LogP contribution is -2.00. The first-order chi connectivity index (χ1) is 9.71. The quantitative estimate of drug-likeness (QED) is 0.800. The highest BCUT2D eigenvalue weighted by Crippen LogP contribution is 2.17. The van der Waals surface area contributed by atoms with Crippen LogP contribution >= 0.6 is 0 Å². The number of nitrogens with zero attached hydrogens (tertiary/aromatic N) is 1. The van der Waals surface area contributed by atoms with Crippen molar-refractivity contribution in [2.45, 2.75) is 27.2 Å². The van der Waals surface area contributed by atoms with Crippen molar-refractivity contribution in [1.29, 1.82) is 0 Å². The molecule has 0 amide bonds. The van der Waals surface area contributed by atoms with Gasteiger partial charge in [0.2, 0.25) is 0 Å². The van der Waals surface area contributed by atoms with Crippen LogP contribution in [-0.2, 0) is 9.53 Å². The van der Waals surface area contributed by atoms with E-state index >= 15 is 0 Å². The zero-order valence-corrected chi connectivity index (χ0v) is 12.3. The van der Waals surface area contributed by atoms with Crippen LogP contribution in [0, 0.1) is 0 Å². The molecule has 0 saturated carbocycles. The molecule has 0 aliphatic rings. The summed E-state index contributed by atoms with van der Waals surface area (Å²) < 4.78 is 9.90. The third-order valence-corrected chi connectivity index (χ3v) is 2.47. The number of para-hydroxylation sites is 1. The summed E-state index contributed by atoms with van der Waals surface area (Å²) in [7, 11) is 0. The number of carbonyl (C=O) groups excluding carboxylic acids is 1. The molecule has 0 atom stereocenters. The van der Waals surface area contributed by atoms with Gasteiger partial charge in [0.05, 0.1) is 24.9 Å². The summed E-state index contributed by atoms with van der Waals surface area (Å²) in [5.41, 5.74) is 1.01. The van der Waals surface area contributed by atoms with Crippen LogP contribution in [0.25, 0.3) is 10.9 Å². The Balaban J connectivity index is 0.000000246. The molecule has 0 saturated heterocycles. The molecule has 2 rings (SSSR count). The number of hydrogen-bond donors (Lipinski definition) is 0. The van der Waals surface area contributed by atoms with Crippen LogP contribution < -0.4 is 4.74 Å². The molecular formula is C16H21NO3. The molecule has 108 valence electrons. The highest BCUT2D eigenvalue weighted by atomic mass is 16.5. The van der Waals surface area contributed by atoms with Gasteiger partial charge in [-0.3, -0.25) is 9.78 Å². The number of benzene rings is 1. The fraction of sp³-hybridized carbons (Fsp3) is 0.375. The van der Waals surface area contributed by atoms with Crippen LogP contribution in [0.15, 0.2) is 36.5 Å². The van der Waals surface area contributed by atoms with Crippen LogP contribution in [0.1, 0.15) is 27.2 Å². The highest BCUT2D eigenvalue weighted by molar-refractivity contribution is 5.79. The number of carbonyl (C=O) groups is 1. The molecule has 0 N–H and O–H groups in total. The number of pyridine rings is 1. The van der Waals surface area contributed by atoms with Crippen LogP contribution in [-0.4, -0.2) is 24.2 Å². The molecule has 0 bridgehead atoms. The molecule has 0 radical (unpaired) electrons. The van der Waals surface area contributed by atoms with Gasteiger partial charge in [0.25, 0.3) is 0 Å². The fourth-order valence-corrected chi connectivity index (χ4v) is 1.56. The summed E-state index contributed by atoms with van der Waals surface area (Å²) in [5.74, 6) is 0.712. The number of esters is 1. The Bertz CT molecular complexity index is 540. The van der Waals surface area contributed by atoms with E-state index < -0.39 is 0 Å². The lowest BCUT2D eigenvalue weighted by atomic mass is 10.2. The molecule has 4 nitrogen and oxygen atoms in total. The summed E-state index contributed by atoms with van der Waals surface area (Å²) in [6.07, 6.45) is 2.24. The van der Waals surface area contributed by atoms with Gasteiger partial charge in [-0.15, -0.1) is 0 Å². The number of ether oxygens (including phenoxy) is 2. The third kappa shape index (κ3) is 5.26. The molecule has 20 heavy (non-hydrogen) atoms. The van der Waals surface area contributed by atoms with Gasteiger partial charge in [-0.05, 0) is 26.0 Å². The van der Waals surface area contributed by atoms with E-state index in [-0.39, 0.29) is 5.97 Å². The van der Waals surface area contributed by atoms with Crippen molar-refractivity contribution in [2.24, 2.45) is 0 Å². The largest absolute Gasteiger partial charge is 0.492 e. The molecule has 4 heteroatoms. The van der Waals surface area contributed by atoms with Crippen molar-refractivity contribution in [1.82, 2.24) is 4.98 Å². The van der Waals surface area contributed by atoms with Gasteiger partial charge in [0.1, 0.15) is 5.75 Å². The minimum atomic E-state index is -0.123. The van der Waals surface area contributed by atoms with Crippen molar-refractivity contribution in [3.63, 3.8) is 0 Å². The number of aromatic nitrogens is 1. The maximum atomic E-state index is 10.2. The average Bonchev–Trinajstić information content (AvgIpc) is 2.48. The van der Waals surface area contributed by atoms with E-state index in [1.807, 2.05) is 37.3 Å². The molecule has 0 spiro atoms. The van der Waals surface area contributed by atoms with Gasteiger partial charge in [-0.2, -0.15) is 0 Å². The van der Waals surface area contributed by atoms with Gasteiger partial charge in [0.15, 0.2) is 0 Å². The summed E-state index contributed by atoms with van der Waals surface area (Å²) >= 11 is 0. The van der Waals surface area contributed by atoms with Crippen LogP contribution in [0.5, 0.6) is 5.75 Å².